The third kappa shape index (κ3) is 3.53. The van der Waals surface area contributed by atoms with E-state index in [1.807, 2.05) is 6.92 Å². The van der Waals surface area contributed by atoms with Gasteiger partial charge in [-0.05, 0) is 56.5 Å². The third-order valence-electron chi connectivity index (χ3n) is 3.27. The zero-order chi connectivity index (χ0) is 13.0. The Morgan fingerprint density at radius 1 is 1.56 bits per heavy atom. The lowest BCUT2D eigenvalue weighted by molar-refractivity contribution is -0.117. The molecule has 18 heavy (non-hydrogen) atoms. The number of hydrogen-bond donors (Lipinski definition) is 2. The zero-order valence-electron chi connectivity index (χ0n) is 10.6. The van der Waals surface area contributed by atoms with E-state index in [-0.39, 0.29) is 17.4 Å². The number of aryl methyl sites for hydroxylation is 1. The molecule has 2 N–H and O–H groups in total. The number of rotatable bonds is 3. The maximum Gasteiger partial charge on any atom is 0.224 e. The predicted molar refractivity (Wildman–Crippen MR) is 70.0 cm³/mol. The Morgan fingerprint density at radius 2 is 2.39 bits per heavy atom. The summed E-state index contributed by atoms with van der Waals surface area (Å²) in [6.45, 7) is 3.79. The first-order valence-electron chi connectivity index (χ1n) is 6.42. The molecule has 1 atom stereocenters. The average molecular weight is 250 g/mol. The Kier molecular flexibility index (Phi) is 4.31. The molecule has 1 amide bonds. The number of carbonyl (C=O) groups excluding carboxylic acids is 1. The largest absolute Gasteiger partial charge is 0.324 e. The summed E-state index contributed by atoms with van der Waals surface area (Å²) in [6.07, 6.45) is 2.63. The van der Waals surface area contributed by atoms with E-state index in [0.717, 1.165) is 31.5 Å². The number of benzene rings is 1. The number of piperidine rings is 1. The van der Waals surface area contributed by atoms with Crippen LogP contribution in [0, 0.1) is 18.7 Å². The molecule has 0 saturated carbocycles. The Labute approximate surface area is 107 Å². The molecule has 0 spiro atoms. The lowest BCUT2D eigenvalue weighted by Crippen LogP contribution is -2.32. The van der Waals surface area contributed by atoms with Gasteiger partial charge in [-0.25, -0.2) is 4.39 Å². The van der Waals surface area contributed by atoms with Crippen LogP contribution in [-0.4, -0.2) is 19.0 Å². The van der Waals surface area contributed by atoms with E-state index < -0.39 is 0 Å². The molecule has 0 radical (unpaired) electrons. The van der Waals surface area contributed by atoms with Crippen molar-refractivity contribution in [3.63, 3.8) is 0 Å². The van der Waals surface area contributed by atoms with E-state index in [1.54, 1.807) is 12.1 Å². The van der Waals surface area contributed by atoms with Gasteiger partial charge in [0, 0.05) is 6.42 Å². The Balaban J connectivity index is 1.92. The van der Waals surface area contributed by atoms with Crippen molar-refractivity contribution in [1.82, 2.24) is 5.32 Å². The third-order valence-corrected chi connectivity index (χ3v) is 3.27. The molecule has 1 aliphatic rings. The number of hydrogen-bond acceptors (Lipinski definition) is 2. The van der Waals surface area contributed by atoms with Gasteiger partial charge in [0.1, 0.15) is 5.82 Å². The number of carbonyl (C=O) groups is 1. The molecule has 1 heterocycles. The lowest BCUT2D eigenvalue weighted by Gasteiger charge is -2.22. The van der Waals surface area contributed by atoms with E-state index in [0.29, 0.717) is 12.3 Å². The van der Waals surface area contributed by atoms with Gasteiger partial charge < -0.3 is 10.6 Å². The number of anilines is 1. The van der Waals surface area contributed by atoms with E-state index >= 15 is 0 Å². The summed E-state index contributed by atoms with van der Waals surface area (Å²) in [5.41, 5.74) is 1.22. The van der Waals surface area contributed by atoms with Gasteiger partial charge in [0.05, 0.1) is 5.69 Å². The van der Waals surface area contributed by atoms with Crippen LogP contribution in [0.25, 0.3) is 0 Å². The molecule has 1 aromatic carbocycles. The maximum absolute atomic E-state index is 13.5. The highest BCUT2D eigenvalue weighted by Gasteiger charge is 2.17. The summed E-state index contributed by atoms with van der Waals surface area (Å²) < 4.78 is 13.5. The highest BCUT2D eigenvalue weighted by Crippen LogP contribution is 2.18. The fraction of sp³-hybridized carbons (Fsp3) is 0.500. The molecule has 0 bridgehead atoms. The van der Waals surface area contributed by atoms with Gasteiger partial charge >= 0.3 is 0 Å². The van der Waals surface area contributed by atoms with Crippen LogP contribution in [0.2, 0.25) is 0 Å². The molecular formula is C14H19FN2O. The molecule has 4 heteroatoms. The van der Waals surface area contributed by atoms with Crippen molar-refractivity contribution in [1.29, 1.82) is 0 Å². The highest BCUT2D eigenvalue weighted by molar-refractivity contribution is 5.91. The summed E-state index contributed by atoms with van der Waals surface area (Å²) >= 11 is 0. The molecule has 1 fully saturated rings. The predicted octanol–water partition coefficient (Wildman–Crippen LogP) is 2.46. The summed E-state index contributed by atoms with van der Waals surface area (Å²) in [6, 6.07) is 4.73. The van der Waals surface area contributed by atoms with Gasteiger partial charge in [-0.2, -0.15) is 0 Å². The first kappa shape index (κ1) is 13.0. The molecular weight excluding hydrogens is 231 g/mol. The average Bonchev–Trinajstić information content (AvgIpc) is 2.35. The minimum Gasteiger partial charge on any atom is -0.324 e. The first-order chi connectivity index (χ1) is 8.65. The van der Waals surface area contributed by atoms with Crippen molar-refractivity contribution in [3.05, 3.63) is 29.6 Å². The van der Waals surface area contributed by atoms with Crippen LogP contribution in [0.15, 0.2) is 18.2 Å². The molecule has 3 nitrogen and oxygen atoms in total. The van der Waals surface area contributed by atoms with Crippen molar-refractivity contribution >= 4 is 11.6 Å². The zero-order valence-corrected chi connectivity index (χ0v) is 10.6. The van der Waals surface area contributed by atoms with Crippen molar-refractivity contribution in [2.24, 2.45) is 5.92 Å². The lowest BCUT2D eigenvalue weighted by atomic mass is 9.96. The number of halogens is 1. The fourth-order valence-electron chi connectivity index (χ4n) is 2.30. The monoisotopic (exact) mass is 250 g/mol. The quantitative estimate of drug-likeness (QED) is 0.865. The van der Waals surface area contributed by atoms with Gasteiger partial charge in [-0.15, -0.1) is 0 Å². The normalized spacial score (nSPS) is 19.6. The van der Waals surface area contributed by atoms with Gasteiger partial charge in [0.25, 0.3) is 0 Å². The van der Waals surface area contributed by atoms with Crippen LogP contribution in [0.1, 0.15) is 24.8 Å². The van der Waals surface area contributed by atoms with Crippen molar-refractivity contribution in [3.8, 4) is 0 Å². The SMILES string of the molecule is Cc1ccc(F)c(NC(=O)CC2CCCNC2)c1. The molecule has 2 rings (SSSR count). The second-order valence-corrected chi connectivity index (χ2v) is 4.95. The second kappa shape index (κ2) is 5.96. The van der Waals surface area contributed by atoms with E-state index in [9.17, 15) is 9.18 Å². The van der Waals surface area contributed by atoms with Crippen molar-refractivity contribution < 1.29 is 9.18 Å². The molecule has 1 saturated heterocycles. The molecule has 98 valence electrons. The van der Waals surface area contributed by atoms with Crippen LogP contribution < -0.4 is 10.6 Å². The van der Waals surface area contributed by atoms with Crippen LogP contribution in [-0.2, 0) is 4.79 Å². The van der Waals surface area contributed by atoms with E-state index in [1.165, 1.54) is 6.07 Å². The molecule has 0 aromatic heterocycles. The summed E-state index contributed by atoms with van der Waals surface area (Å²) in [5.74, 6) is -0.115. The summed E-state index contributed by atoms with van der Waals surface area (Å²) in [7, 11) is 0. The standard InChI is InChI=1S/C14H19FN2O/c1-10-4-5-12(15)13(7-10)17-14(18)8-11-3-2-6-16-9-11/h4-5,7,11,16H,2-3,6,8-9H2,1H3,(H,17,18). The van der Waals surface area contributed by atoms with Crippen molar-refractivity contribution in [2.45, 2.75) is 26.2 Å². The number of amides is 1. The minimum absolute atomic E-state index is 0.104. The Hall–Kier alpha value is -1.42. The van der Waals surface area contributed by atoms with Gasteiger partial charge in [0.15, 0.2) is 0 Å². The van der Waals surface area contributed by atoms with Gasteiger partial charge in [-0.3, -0.25) is 4.79 Å². The summed E-state index contributed by atoms with van der Waals surface area (Å²) in [4.78, 5) is 11.8. The van der Waals surface area contributed by atoms with E-state index in [2.05, 4.69) is 10.6 Å². The van der Waals surface area contributed by atoms with Crippen LogP contribution >= 0.6 is 0 Å². The van der Waals surface area contributed by atoms with Crippen LogP contribution in [0.4, 0.5) is 10.1 Å². The minimum atomic E-state index is -0.379. The molecule has 0 aliphatic carbocycles. The number of nitrogens with one attached hydrogen (secondary N) is 2. The smallest absolute Gasteiger partial charge is 0.224 e. The first-order valence-corrected chi connectivity index (χ1v) is 6.42. The van der Waals surface area contributed by atoms with E-state index in [4.69, 9.17) is 0 Å². The second-order valence-electron chi connectivity index (χ2n) is 4.95. The van der Waals surface area contributed by atoms with Gasteiger partial charge in [0.2, 0.25) is 5.91 Å². The molecule has 1 aromatic rings. The van der Waals surface area contributed by atoms with Crippen LogP contribution in [0.3, 0.4) is 0 Å². The Morgan fingerprint density at radius 3 is 3.11 bits per heavy atom. The summed E-state index contributed by atoms with van der Waals surface area (Å²) in [5, 5.41) is 5.93. The highest BCUT2D eigenvalue weighted by atomic mass is 19.1. The van der Waals surface area contributed by atoms with Gasteiger partial charge in [-0.1, -0.05) is 6.07 Å². The molecule has 1 aliphatic heterocycles. The van der Waals surface area contributed by atoms with Crippen LogP contribution in [0.5, 0.6) is 0 Å². The Bertz CT molecular complexity index is 428. The maximum atomic E-state index is 13.5. The van der Waals surface area contributed by atoms with Crippen molar-refractivity contribution in [2.75, 3.05) is 18.4 Å². The fourth-order valence-corrected chi connectivity index (χ4v) is 2.30. The topological polar surface area (TPSA) is 41.1 Å². The molecule has 1 unspecified atom stereocenters.